The molecule has 7 rings (SSSR count). The first kappa shape index (κ1) is 27.2. The molecule has 0 aliphatic rings. The summed E-state index contributed by atoms with van der Waals surface area (Å²) in [5, 5.41) is 9.97. The molecular weight excluding hydrogens is 546 g/mol. The smallest absolute Gasteiger partial charge is 0.252 e. The van der Waals surface area contributed by atoms with Gasteiger partial charge in [0.15, 0.2) is 5.65 Å². The third kappa shape index (κ3) is 4.98. The molecule has 7 aromatic rings. The van der Waals surface area contributed by atoms with Gasteiger partial charge in [0.05, 0.1) is 35.1 Å². The molecular formula is C37H31N5O2. The Hall–Kier alpha value is -5.69. The van der Waals surface area contributed by atoms with Crippen molar-refractivity contribution in [2.24, 2.45) is 0 Å². The molecule has 0 fully saturated rings. The van der Waals surface area contributed by atoms with Gasteiger partial charge in [-0.25, -0.2) is 9.67 Å². The van der Waals surface area contributed by atoms with E-state index in [9.17, 15) is 4.79 Å². The molecule has 3 heterocycles. The average molecular weight is 578 g/mol. The number of pyridine rings is 1. The van der Waals surface area contributed by atoms with Crippen LogP contribution in [-0.2, 0) is 0 Å². The lowest BCUT2D eigenvalue weighted by molar-refractivity contribution is 0.0954. The lowest BCUT2D eigenvalue weighted by atomic mass is 9.90. The highest BCUT2D eigenvalue weighted by Crippen LogP contribution is 2.33. The zero-order valence-electron chi connectivity index (χ0n) is 24.5. The third-order valence-electron chi connectivity index (χ3n) is 8.11. The quantitative estimate of drug-likeness (QED) is 0.197. The van der Waals surface area contributed by atoms with Gasteiger partial charge in [-0.15, -0.1) is 0 Å². The van der Waals surface area contributed by atoms with Crippen LogP contribution in [0.1, 0.15) is 33.1 Å². The van der Waals surface area contributed by atoms with Gasteiger partial charge in [-0.1, -0.05) is 78.9 Å². The summed E-state index contributed by atoms with van der Waals surface area (Å²) in [5.41, 5.74) is 7.69. The van der Waals surface area contributed by atoms with Crippen molar-refractivity contribution < 1.29 is 9.53 Å². The first-order chi connectivity index (χ1) is 21.6. The maximum absolute atomic E-state index is 14.2. The third-order valence-corrected chi connectivity index (χ3v) is 8.11. The number of para-hydroxylation sites is 2. The molecule has 216 valence electrons. The number of carbonyl (C=O) groups is 1. The van der Waals surface area contributed by atoms with Crippen LogP contribution in [0.4, 0.5) is 0 Å². The number of carbonyl (C=O) groups excluding carboxylic acids is 1. The van der Waals surface area contributed by atoms with Crippen LogP contribution < -0.4 is 10.1 Å². The number of nitrogens with zero attached hydrogens (tertiary/aromatic N) is 3. The van der Waals surface area contributed by atoms with E-state index in [0.717, 1.165) is 50.1 Å². The van der Waals surface area contributed by atoms with Crippen LogP contribution in [0.3, 0.4) is 0 Å². The summed E-state index contributed by atoms with van der Waals surface area (Å²) in [6, 6.07) is 38.0. The summed E-state index contributed by atoms with van der Waals surface area (Å²) >= 11 is 0. The molecule has 3 aromatic heterocycles. The first-order valence-electron chi connectivity index (χ1n) is 14.6. The average Bonchev–Trinajstić information content (AvgIpc) is 3.66. The summed E-state index contributed by atoms with van der Waals surface area (Å²) in [6.07, 6.45) is 2.04. The van der Waals surface area contributed by atoms with E-state index in [2.05, 4.69) is 34.6 Å². The van der Waals surface area contributed by atoms with Gasteiger partial charge in [0.2, 0.25) is 0 Å². The summed E-state index contributed by atoms with van der Waals surface area (Å²) in [6.45, 7) is 2.32. The number of hydrogen-bond donors (Lipinski definition) is 2. The van der Waals surface area contributed by atoms with E-state index >= 15 is 0 Å². The number of aromatic nitrogens is 4. The highest BCUT2D eigenvalue weighted by Gasteiger charge is 2.24. The number of ether oxygens (including phenoxy) is 1. The van der Waals surface area contributed by atoms with Crippen molar-refractivity contribution in [3.63, 3.8) is 0 Å². The Bertz CT molecular complexity index is 2080. The van der Waals surface area contributed by atoms with Crippen molar-refractivity contribution in [2.45, 2.75) is 12.8 Å². The fourth-order valence-corrected chi connectivity index (χ4v) is 5.89. The van der Waals surface area contributed by atoms with Crippen LogP contribution in [0.2, 0.25) is 0 Å². The van der Waals surface area contributed by atoms with E-state index < -0.39 is 0 Å². The molecule has 0 unspecified atom stereocenters. The molecule has 0 saturated heterocycles. The minimum Gasteiger partial charge on any atom is -0.497 e. The summed E-state index contributed by atoms with van der Waals surface area (Å²) in [7, 11) is 1.66. The molecule has 0 saturated carbocycles. The van der Waals surface area contributed by atoms with Gasteiger partial charge in [0.1, 0.15) is 5.75 Å². The Labute approximate surface area is 255 Å². The summed E-state index contributed by atoms with van der Waals surface area (Å²) in [5.74, 6) is 0.512. The molecule has 0 bridgehead atoms. The molecule has 44 heavy (non-hydrogen) atoms. The molecule has 0 aliphatic carbocycles. The number of aromatic amines is 1. The molecule has 0 spiro atoms. The van der Waals surface area contributed by atoms with Crippen LogP contribution in [0.15, 0.2) is 121 Å². The van der Waals surface area contributed by atoms with E-state index in [4.69, 9.17) is 14.8 Å². The standard InChI is InChI=1S/C37H31N5O2/c1-24-35-30(21-34(26-11-5-3-6-12-26)40-36(35)42(41-24)27-13-7-4-8-14-27)37(43)39-22-31(25-17-19-28(44-2)20-18-25)32-23-38-33-16-10-9-15-29(32)33/h3-21,23,31,38H,22H2,1-2H3,(H,39,43)/t31-/m0/s1. The fourth-order valence-electron chi connectivity index (χ4n) is 5.89. The van der Waals surface area contributed by atoms with Gasteiger partial charge >= 0.3 is 0 Å². The minimum absolute atomic E-state index is 0.0972. The number of hydrogen-bond acceptors (Lipinski definition) is 4. The normalized spacial score (nSPS) is 12.0. The van der Waals surface area contributed by atoms with Gasteiger partial charge in [-0.05, 0) is 54.4 Å². The second kappa shape index (κ2) is 11.5. The zero-order valence-corrected chi connectivity index (χ0v) is 24.5. The number of amides is 1. The molecule has 7 nitrogen and oxygen atoms in total. The van der Waals surface area contributed by atoms with E-state index in [1.165, 1.54) is 0 Å². The summed E-state index contributed by atoms with van der Waals surface area (Å²) in [4.78, 5) is 22.6. The highest BCUT2D eigenvalue weighted by molar-refractivity contribution is 6.07. The van der Waals surface area contributed by atoms with E-state index in [0.29, 0.717) is 23.4 Å². The van der Waals surface area contributed by atoms with E-state index in [1.54, 1.807) is 7.11 Å². The number of aryl methyl sites for hydroxylation is 1. The van der Waals surface area contributed by atoms with Crippen LogP contribution in [0.25, 0.3) is 38.9 Å². The SMILES string of the molecule is COc1ccc([C@H](CNC(=O)c2cc(-c3ccccc3)nc3c2c(C)nn3-c2ccccc2)c2c[nH]c3ccccc23)cc1. The molecule has 0 radical (unpaired) electrons. The maximum atomic E-state index is 14.2. The molecule has 7 heteroatoms. The first-order valence-corrected chi connectivity index (χ1v) is 14.6. The van der Waals surface area contributed by atoms with Crippen LogP contribution in [0, 0.1) is 6.92 Å². The van der Waals surface area contributed by atoms with Gasteiger partial charge < -0.3 is 15.0 Å². The number of H-pyrrole nitrogens is 1. The topological polar surface area (TPSA) is 84.8 Å². The van der Waals surface area contributed by atoms with Crippen molar-refractivity contribution in [1.82, 2.24) is 25.1 Å². The molecule has 1 amide bonds. The number of rotatable bonds is 8. The number of fused-ring (bicyclic) bond motifs is 2. The Morgan fingerprint density at radius 2 is 1.61 bits per heavy atom. The number of benzene rings is 4. The van der Waals surface area contributed by atoms with Crippen molar-refractivity contribution in [3.8, 4) is 22.7 Å². The largest absolute Gasteiger partial charge is 0.497 e. The summed E-state index contributed by atoms with van der Waals surface area (Å²) < 4.78 is 7.23. The second-order valence-electron chi connectivity index (χ2n) is 10.8. The van der Waals surface area contributed by atoms with Crippen molar-refractivity contribution in [1.29, 1.82) is 0 Å². The Morgan fingerprint density at radius 3 is 2.36 bits per heavy atom. The van der Waals surface area contributed by atoms with Gasteiger partial charge in [0.25, 0.3) is 5.91 Å². The zero-order chi connectivity index (χ0) is 30.0. The Morgan fingerprint density at radius 1 is 0.909 bits per heavy atom. The second-order valence-corrected chi connectivity index (χ2v) is 10.8. The van der Waals surface area contributed by atoms with Gasteiger partial charge in [-0.2, -0.15) is 5.10 Å². The number of nitrogens with one attached hydrogen (secondary N) is 2. The molecule has 0 aliphatic heterocycles. The van der Waals surface area contributed by atoms with Crippen molar-refractivity contribution in [2.75, 3.05) is 13.7 Å². The Kier molecular flexibility index (Phi) is 7.12. The molecule has 1 atom stereocenters. The minimum atomic E-state index is -0.177. The van der Waals surface area contributed by atoms with Crippen LogP contribution >= 0.6 is 0 Å². The number of methoxy groups -OCH3 is 1. The maximum Gasteiger partial charge on any atom is 0.252 e. The Balaban J connectivity index is 1.31. The highest BCUT2D eigenvalue weighted by atomic mass is 16.5. The van der Waals surface area contributed by atoms with Gasteiger partial charge in [0, 0.05) is 35.1 Å². The lowest BCUT2D eigenvalue weighted by Crippen LogP contribution is -2.29. The lowest BCUT2D eigenvalue weighted by Gasteiger charge is -2.19. The predicted molar refractivity (Wildman–Crippen MR) is 175 cm³/mol. The van der Waals surface area contributed by atoms with Crippen LogP contribution in [-0.4, -0.2) is 39.3 Å². The van der Waals surface area contributed by atoms with E-state index in [-0.39, 0.29) is 11.8 Å². The molecule has 4 aromatic carbocycles. The van der Waals surface area contributed by atoms with Crippen molar-refractivity contribution >= 4 is 27.8 Å². The molecule has 2 N–H and O–H groups in total. The fraction of sp³-hybridized carbons (Fsp3) is 0.108. The van der Waals surface area contributed by atoms with Gasteiger partial charge in [-0.3, -0.25) is 4.79 Å². The van der Waals surface area contributed by atoms with Crippen molar-refractivity contribution in [3.05, 3.63) is 144 Å². The van der Waals surface area contributed by atoms with E-state index in [1.807, 2.05) is 109 Å². The predicted octanol–water partition coefficient (Wildman–Crippen LogP) is 7.45. The van der Waals surface area contributed by atoms with Crippen LogP contribution in [0.5, 0.6) is 5.75 Å². The monoisotopic (exact) mass is 577 g/mol.